The molecule has 15 heavy (non-hydrogen) atoms. The molecule has 0 saturated heterocycles. The summed E-state index contributed by atoms with van der Waals surface area (Å²) in [6, 6.07) is 0. The quantitative estimate of drug-likeness (QED) is 0.540. The van der Waals surface area contributed by atoms with Crippen LogP contribution in [0.5, 0.6) is 0 Å². The topological polar surface area (TPSA) is 18.5 Å². The van der Waals surface area contributed by atoms with E-state index >= 15 is 0 Å². The summed E-state index contributed by atoms with van der Waals surface area (Å²) < 4.78 is 12.1. The van der Waals surface area contributed by atoms with Gasteiger partial charge in [-0.15, -0.1) is 0 Å². The van der Waals surface area contributed by atoms with Crippen molar-refractivity contribution in [1.82, 2.24) is 0 Å². The zero-order chi connectivity index (χ0) is 11.3. The second-order valence-corrected chi connectivity index (χ2v) is 7.95. The van der Waals surface area contributed by atoms with Gasteiger partial charge in [-0.2, -0.15) is 0 Å². The van der Waals surface area contributed by atoms with E-state index in [9.17, 15) is 0 Å². The molecule has 1 rings (SSSR count). The lowest BCUT2D eigenvalue weighted by molar-refractivity contribution is 0.126. The van der Waals surface area contributed by atoms with Gasteiger partial charge in [-0.25, -0.2) is 0 Å². The summed E-state index contributed by atoms with van der Waals surface area (Å²) in [4.78, 5) is 0. The summed E-state index contributed by atoms with van der Waals surface area (Å²) in [6.07, 6.45) is 9.49. The zero-order valence-electron chi connectivity index (χ0n) is 10.5. The largest absolute Gasteiger partial charge is 0.388 e. The van der Waals surface area contributed by atoms with Crippen molar-refractivity contribution in [1.29, 1.82) is 0 Å². The van der Waals surface area contributed by atoms with Gasteiger partial charge in [0.05, 0.1) is 12.2 Å². The lowest BCUT2D eigenvalue weighted by Gasteiger charge is -2.27. The van der Waals surface area contributed by atoms with Gasteiger partial charge in [-0.05, 0) is 25.9 Å². The molecule has 1 heterocycles. The molecule has 0 fully saturated rings. The summed E-state index contributed by atoms with van der Waals surface area (Å²) in [5.74, 6) is 0. The Kier molecular flexibility index (Phi) is 5.03. The Morgan fingerprint density at radius 1 is 0.933 bits per heavy atom. The Balaban J connectivity index is 2.63. The van der Waals surface area contributed by atoms with Gasteiger partial charge in [0.25, 0.3) is 0 Å². The van der Waals surface area contributed by atoms with Crippen molar-refractivity contribution in [2.45, 2.75) is 64.8 Å². The Morgan fingerprint density at radius 3 is 1.67 bits per heavy atom. The van der Waals surface area contributed by atoms with E-state index in [0.717, 1.165) is 25.7 Å². The summed E-state index contributed by atoms with van der Waals surface area (Å²) in [5.41, 5.74) is 0. The van der Waals surface area contributed by atoms with Crippen molar-refractivity contribution in [2.24, 2.45) is 0 Å². The van der Waals surface area contributed by atoms with Gasteiger partial charge in [-0.1, -0.05) is 38.8 Å². The van der Waals surface area contributed by atoms with E-state index in [0.29, 0.717) is 0 Å². The van der Waals surface area contributed by atoms with Gasteiger partial charge in [0.15, 0.2) is 0 Å². The van der Waals surface area contributed by atoms with Crippen LogP contribution in [0.25, 0.3) is 0 Å². The highest BCUT2D eigenvalue weighted by Crippen LogP contribution is 2.22. The average molecular weight is 228 g/mol. The van der Waals surface area contributed by atoms with Crippen molar-refractivity contribution in [3.8, 4) is 0 Å². The van der Waals surface area contributed by atoms with Gasteiger partial charge in [-0.3, -0.25) is 0 Å². The van der Waals surface area contributed by atoms with Crippen LogP contribution in [0.15, 0.2) is 12.2 Å². The van der Waals surface area contributed by atoms with Gasteiger partial charge in [0.2, 0.25) is 0 Å². The van der Waals surface area contributed by atoms with E-state index in [2.05, 4.69) is 39.1 Å². The molecule has 0 amide bonds. The van der Waals surface area contributed by atoms with Crippen molar-refractivity contribution < 1.29 is 8.85 Å². The number of hydrogen-bond donors (Lipinski definition) is 0. The molecule has 0 aromatic heterocycles. The molecule has 0 radical (unpaired) electrons. The SMILES string of the molecule is CCCC1C=CC(CCC)O[Si](C)(C)O1. The maximum absolute atomic E-state index is 6.05. The van der Waals surface area contributed by atoms with Crippen LogP contribution in [-0.2, 0) is 8.85 Å². The van der Waals surface area contributed by atoms with Crippen LogP contribution in [0.3, 0.4) is 0 Å². The fraction of sp³-hybridized carbons (Fsp3) is 0.833. The molecule has 1 aliphatic rings. The molecule has 0 spiro atoms. The number of hydrogen-bond acceptors (Lipinski definition) is 2. The second-order valence-electron chi connectivity index (χ2n) is 4.67. The Bertz CT molecular complexity index is 194. The van der Waals surface area contributed by atoms with Crippen LogP contribution < -0.4 is 0 Å². The monoisotopic (exact) mass is 228 g/mol. The highest BCUT2D eigenvalue weighted by atomic mass is 28.4. The predicted molar refractivity (Wildman–Crippen MR) is 66.2 cm³/mol. The Hall–Kier alpha value is -0.123. The molecule has 0 aliphatic carbocycles. The van der Waals surface area contributed by atoms with Gasteiger partial charge in [0, 0.05) is 0 Å². The van der Waals surface area contributed by atoms with E-state index in [4.69, 9.17) is 8.85 Å². The molecule has 1 aliphatic heterocycles. The standard InChI is InChI=1S/C12H24O2Si/c1-5-7-11-9-10-12(8-6-2)14-15(3,4)13-11/h9-12H,5-8H2,1-4H3. The van der Waals surface area contributed by atoms with E-state index in [1.54, 1.807) is 0 Å². The van der Waals surface area contributed by atoms with Crippen LogP contribution in [0, 0.1) is 0 Å². The van der Waals surface area contributed by atoms with Crippen LogP contribution in [-0.4, -0.2) is 20.8 Å². The first-order valence-electron chi connectivity index (χ1n) is 6.11. The summed E-state index contributed by atoms with van der Waals surface area (Å²) >= 11 is 0. The molecule has 0 aromatic carbocycles. The fourth-order valence-electron chi connectivity index (χ4n) is 1.96. The average Bonchev–Trinajstić information content (AvgIpc) is 2.26. The normalized spacial score (nSPS) is 30.1. The molecular weight excluding hydrogens is 204 g/mol. The molecule has 3 heteroatoms. The van der Waals surface area contributed by atoms with Crippen molar-refractivity contribution in [3.05, 3.63) is 12.2 Å². The molecule has 0 N–H and O–H groups in total. The van der Waals surface area contributed by atoms with Crippen molar-refractivity contribution in [3.63, 3.8) is 0 Å². The molecule has 2 nitrogen and oxygen atoms in total. The maximum Gasteiger partial charge on any atom is 0.332 e. The summed E-state index contributed by atoms with van der Waals surface area (Å²) in [5, 5.41) is 0. The summed E-state index contributed by atoms with van der Waals surface area (Å²) in [6.45, 7) is 8.68. The van der Waals surface area contributed by atoms with Crippen molar-refractivity contribution >= 4 is 8.56 Å². The van der Waals surface area contributed by atoms with Crippen LogP contribution in [0.1, 0.15) is 39.5 Å². The Morgan fingerprint density at radius 2 is 1.33 bits per heavy atom. The zero-order valence-corrected chi connectivity index (χ0v) is 11.5. The van der Waals surface area contributed by atoms with Gasteiger partial charge >= 0.3 is 8.56 Å². The highest BCUT2D eigenvalue weighted by Gasteiger charge is 2.32. The minimum atomic E-state index is -1.90. The molecule has 0 saturated carbocycles. The maximum atomic E-state index is 6.05. The Labute approximate surface area is 94.9 Å². The second kappa shape index (κ2) is 5.82. The number of rotatable bonds is 4. The fourth-order valence-corrected chi connectivity index (χ4v) is 3.87. The molecule has 88 valence electrons. The van der Waals surface area contributed by atoms with Crippen molar-refractivity contribution in [2.75, 3.05) is 0 Å². The van der Waals surface area contributed by atoms with Crippen LogP contribution in [0.2, 0.25) is 13.1 Å². The first kappa shape index (κ1) is 12.9. The smallest absolute Gasteiger partial charge is 0.332 e. The molecular formula is C12H24O2Si. The molecule has 2 unspecified atom stereocenters. The third-order valence-corrected chi connectivity index (χ3v) is 4.30. The predicted octanol–water partition coefficient (Wildman–Crippen LogP) is 3.63. The van der Waals surface area contributed by atoms with Crippen LogP contribution >= 0.6 is 0 Å². The molecule has 2 atom stereocenters. The molecule has 0 bridgehead atoms. The van der Waals surface area contributed by atoms with Gasteiger partial charge in [0.1, 0.15) is 0 Å². The van der Waals surface area contributed by atoms with E-state index < -0.39 is 8.56 Å². The van der Waals surface area contributed by atoms with E-state index in [1.807, 2.05) is 0 Å². The highest BCUT2D eigenvalue weighted by molar-refractivity contribution is 6.64. The molecule has 0 aromatic rings. The first-order valence-corrected chi connectivity index (χ1v) is 8.93. The summed E-state index contributed by atoms with van der Waals surface area (Å²) in [7, 11) is -1.90. The lowest BCUT2D eigenvalue weighted by Crippen LogP contribution is -2.39. The minimum Gasteiger partial charge on any atom is -0.388 e. The van der Waals surface area contributed by atoms with E-state index in [1.165, 1.54) is 0 Å². The first-order chi connectivity index (χ1) is 7.07. The van der Waals surface area contributed by atoms with Crippen LogP contribution in [0.4, 0.5) is 0 Å². The lowest BCUT2D eigenvalue weighted by atomic mass is 10.1. The third-order valence-electron chi connectivity index (χ3n) is 2.56. The van der Waals surface area contributed by atoms with E-state index in [-0.39, 0.29) is 12.2 Å². The van der Waals surface area contributed by atoms with Gasteiger partial charge < -0.3 is 8.85 Å². The third kappa shape index (κ3) is 4.49. The minimum absolute atomic E-state index is 0.276.